The molecule has 3 heterocycles. The molecule has 8 heteroatoms. The molecule has 1 aromatic carbocycles. The largest absolute Gasteiger partial charge is 0.354 e. The van der Waals surface area contributed by atoms with E-state index in [1.165, 1.54) is 27.5 Å². The summed E-state index contributed by atoms with van der Waals surface area (Å²) >= 11 is 1.36. The van der Waals surface area contributed by atoms with Crippen molar-refractivity contribution in [2.24, 2.45) is 0 Å². The summed E-state index contributed by atoms with van der Waals surface area (Å²) in [6, 6.07) is 11.5. The number of aryl methyl sites for hydroxylation is 2. The Morgan fingerprint density at radius 2 is 2.14 bits per heavy atom. The van der Waals surface area contributed by atoms with Crippen LogP contribution in [0.5, 0.6) is 0 Å². The Kier molecular flexibility index (Phi) is 5.38. The molecular weight excluding hydrogens is 374 g/mol. The van der Waals surface area contributed by atoms with Gasteiger partial charge in [0.05, 0.1) is 0 Å². The lowest BCUT2D eigenvalue weighted by molar-refractivity contribution is -0.122. The quantitative estimate of drug-likeness (QED) is 0.645. The normalized spacial score (nSPS) is 16.6. The van der Waals surface area contributed by atoms with Gasteiger partial charge in [0, 0.05) is 24.8 Å². The van der Waals surface area contributed by atoms with Crippen molar-refractivity contribution >= 4 is 27.3 Å². The number of carbonyl (C=O) groups is 1. The number of hydrogen-bond donors (Lipinski definition) is 1. The van der Waals surface area contributed by atoms with Crippen LogP contribution in [0.3, 0.4) is 0 Å². The van der Waals surface area contributed by atoms with E-state index in [1.54, 1.807) is 6.92 Å². The van der Waals surface area contributed by atoms with Crippen molar-refractivity contribution in [3.05, 3.63) is 58.0 Å². The minimum Gasteiger partial charge on any atom is -0.354 e. The molecule has 28 heavy (non-hydrogen) atoms. The standard InChI is InChI=1S/C20H23N5O2S/c1-14-13-17(26)25-19(22-14)28-20(23-25)24-12-6-10-16(24)18(27)21-11-5-9-15-7-3-2-4-8-15/h2-4,7-8,13,16H,5-6,9-12H2,1H3,(H,21,27)/t16-/m0/s1. The summed E-state index contributed by atoms with van der Waals surface area (Å²) in [5, 5.41) is 8.15. The number of amides is 1. The summed E-state index contributed by atoms with van der Waals surface area (Å²) in [5.74, 6) is 0.0290. The van der Waals surface area contributed by atoms with E-state index in [0.29, 0.717) is 22.3 Å². The molecule has 3 aromatic rings. The molecule has 1 saturated heterocycles. The first-order chi connectivity index (χ1) is 13.6. The van der Waals surface area contributed by atoms with E-state index in [4.69, 9.17) is 0 Å². The summed E-state index contributed by atoms with van der Waals surface area (Å²) in [6.07, 6.45) is 3.57. The first-order valence-corrected chi connectivity index (χ1v) is 10.4. The van der Waals surface area contributed by atoms with Crippen LogP contribution in [-0.2, 0) is 11.2 Å². The molecule has 0 saturated carbocycles. The highest BCUT2D eigenvalue weighted by Crippen LogP contribution is 2.29. The van der Waals surface area contributed by atoms with Crippen molar-refractivity contribution in [2.75, 3.05) is 18.0 Å². The number of aromatic nitrogens is 3. The molecule has 4 rings (SSSR count). The van der Waals surface area contributed by atoms with Gasteiger partial charge in [0.1, 0.15) is 6.04 Å². The molecule has 0 radical (unpaired) electrons. The molecule has 1 aliphatic heterocycles. The number of benzene rings is 1. The third kappa shape index (κ3) is 3.91. The van der Waals surface area contributed by atoms with Gasteiger partial charge in [0.25, 0.3) is 5.56 Å². The van der Waals surface area contributed by atoms with E-state index < -0.39 is 0 Å². The summed E-state index contributed by atoms with van der Waals surface area (Å²) in [5.41, 5.74) is 1.77. The zero-order chi connectivity index (χ0) is 19.5. The maximum Gasteiger partial charge on any atom is 0.275 e. The Hall–Kier alpha value is -2.74. The summed E-state index contributed by atoms with van der Waals surface area (Å²) in [6.45, 7) is 3.20. The Morgan fingerprint density at radius 1 is 1.32 bits per heavy atom. The molecule has 1 amide bonds. The molecule has 1 atom stereocenters. The van der Waals surface area contributed by atoms with E-state index in [1.807, 2.05) is 23.1 Å². The maximum atomic E-state index is 12.7. The second-order valence-corrected chi connectivity index (χ2v) is 7.98. The van der Waals surface area contributed by atoms with Crippen LogP contribution in [0.25, 0.3) is 4.96 Å². The van der Waals surface area contributed by atoms with Gasteiger partial charge in [0.2, 0.25) is 16.0 Å². The monoisotopic (exact) mass is 397 g/mol. The first kappa shape index (κ1) is 18.6. The fraction of sp³-hybridized carbons (Fsp3) is 0.400. The Balaban J connectivity index is 1.39. The van der Waals surface area contributed by atoms with E-state index in [0.717, 1.165) is 32.2 Å². The third-order valence-corrected chi connectivity index (χ3v) is 5.89. The minimum atomic E-state index is -0.242. The highest BCUT2D eigenvalue weighted by atomic mass is 32.1. The molecule has 7 nitrogen and oxygen atoms in total. The van der Waals surface area contributed by atoms with Crippen LogP contribution in [0.4, 0.5) is 5.13 Å². The molecule has 2 aromatic heterocycles. The van der Waals surface area contributed by atoms with Crippen LogP contribution in [0, 0.1) is 6.92 Å². The van der Waals surface area contributed by atoms with Crippen LogP contribution < -0.4 is 15.8 Å². The van der Waals surface area contributed by atoms with E-state index in [-0.39, 0.29) is 17.5 Å². The van der Waals surface area contributed by atoms with Crippen molar-refractivity contribution in [3.63, 3.8) is 0 Å². The van der Waals surface area contributed by atoms with Crippen molar-refractivity contribution < 1.29 is 4.79 Å². The highest BCUT2D eigenvalue weighted by molar-refractivity contribution is 7.20. The van der Waals surface area contributed by atoms with Crippen molar-refractivity contribution in [1.29, 1.82) is 0 Å². The molecule has 0 aliphatic carbocycles. The number of rotatable bonds is 6. The predicted molar refractivity (Wildman–Crippen MR) is 110 cm³/mol. The highest BCUT2D eigenvalue weighted by Gasteiger charge is 2.33. The molecule has 146 valence electrons. The first-order valence-electron chi connectivity index (χ1n) is 9.57. The number of nitrogens with zero attached hydrogens (tertiary/aromatic N) is 4. The molecular formula is C20H23N5O2S. The zero-order valence-corrected chi connectivity index (χ0v) is 16.6. The summed E-state index contributed by atoms with van der Waals surface area (Å²) in [7, 11) is 0. The van der Waals surface area contributed by atoms with Gasteiger partial charge < -0.3 is 10.2 Å². The van der Waals surface area contributed by atoms with E-state index >= 15 is 0 Å². The molecule has 1 aliphatic rings. The van der Waals surface area contributed by atoms with Gasteiger partial charge in [-0.25, -0.2) is 4.98 Å². The number of anilines is 1. The molecule has 0 unspecified atom stereocenters. The zero-order valence-electron chi connectivity index (χ0n) is 15.8. The van der Waals surface area contributed by atoms with Crippen LogP contribution in [0.1, 0.15) is 30.5 Å². The lowest BCUT2D eigenvalue weighted by Crippen LogP contribution is -2.43. The summed E-state index contributed by atoms with van der Waals surface area (Å²) < 4.78 is 1.32. The molecule has 1 N–H and O–H groups in total. The Morgan fingerprint density at radius 3 is 2.96 bits per heavy atom. The molecule has 0 spiro atoms. The lowest BCUT2D eigenvalue weighted by atomic mass is 10.1. The second-order valence-electron chi connectivity index (χ2n) is 7.05. The van der Waals surface area contributed by atoms with E-state index in [2.05, 4.69) is 27.5 Å². The molecule has 1 fully saturated rings. The SMILES string of the molecule is Cc1cc(=O)n2nc(N3CCC[C@H]3C(=O)NCCCc3ccccc3)sc2n1. The summed E-state index contributed by atoms with van der Waals surface area (Å²) in [4.78, 5) is 31.8. The smallest absolute Gasteiger partial charge is 0.275 e. The van der Waals surface area contributed by atoms with Gasteiger partial charge in [-0.05, 0) is 38.2 Å². The maximum absolute atomic E-state index is 12.7. The number of carbonyl (C=O) groups excluding carboxylic acids is 1. The van der Waals surface area contributed by atoms with E-state index in [9.17, 15) is 9.59 Å². The van der Waals surface area contributed by atoms with Crippen molar-refractivity contribution in [3.8, 4) is 0 Å². The number of nitrogens with one attached hydrogen (secondary N) is 1. The average molecular weight is 398 g/mol. The van der Waals surface area contributed by atoms with Crippen molar-refractivity contribution in [2.45, 2.75) is 38.6 Å². The fourth-order valence-corrected chi connectivity index (χ4v) is 4.59. The fourth-order valence-electron chi connectivity index (χ4n) is 3.56. The average Bonchev–Trinajstić information content (AvgIpc) is 3.32. The number of hydrogen-bond acceptors (Lipinski definition) is 6. The minimum absolute atomic E-state index is 0.0290. The lowest BCUT2D eigenvalue weighted by Gasteiger charge is -2.22. The van der Waals surface area contributed by atoms with Crippen LogP contribution in [-0.4, -0.2) is 39.6 Å². The molecule has 0 bridgehead atoms. The third-order valence-electron chi connectivity index (χ3n) is 4.95. The Labute approximate surface area is 167 Å². The predicted octanol–water partition coefficient (Wildman–Crippen LogP) is 2.18. The Bertz CT molecular complexity index is 1030. The van der Waals surface area contributed by atoms with Gasteiger partial charge in [-0.15, -0.1) is 5.10 Å². The van der Waals surface area contributed by atoms with Crippen LogP contribution in [0.15, 0.2) is 41.2 Å². The van der Waals surface area contributed by atoms with Crippen LogP contribution in [0.2, 0.25) is 0 Å². The van der Waals surface area contributed by atoms with Gasteiger partial charge in [0.15, 0.2) is 0 Å². The second kappa shape index (κ2) is 8.10. The topological polar surface area (TPSA) is 79.6 Å². The van der Waals surface area contributed by atoms with Gasteiger partial charge in [-0.3, -0.25) is 9.59 Å². The van der Waals surface area contributed by atoms with Crippen molar-refractivity contribution in [1.82, 2.24) is 19.9 Å². The van der Waals surface area contributed by atoms with Gasteiger partial charge >= 0.3 is 0 Å². The number of fused-ring (bicyclic) bond motifs is 1. The van der Waals surface area contributed by atoms with Crippen LogP contribution >= 0.6 is 11.3 Å². The van der Waals surface area contributed by atoms with Gasteiger partial charge in [-0.2, -0.15) is 4.52 Å². The van der Waals surface area contributed by atoms with Gasteiger partial charge in [-0.1, -0.05) is 41.7 Å².